The van der Waals surface area contributed by atoms with Gasteiger partial charge in [-0.2, -0.15) is 0 Å². The minimum absolute atomic E-state index is 0.0805. The van der Waals surface area contributed by atoms with Crippen LogP contribution in [0.3, 0.4) is 0 Å². The molecule has 3 aromatic rings. The Morgan fingerprint density at radius 1 is 1.32 bits per heavy atom. The SMILES string of the molecule is Cc1ccc(CNC(=O)c2ccc(N3CCSc4ncccc43)s2)o1. The number of hydrogen-bond donors (Lipinski definition) is 1. The number of pyridine rings is 1. The van der Waals surface area contributed by atoms with Crippen molar-refractivity contribution in [2.45, 2.75) is 18.5 Å². The molecule has 25 heavy (non-hydrogen) atoms. The maximum absolute atomic E-state index is 12.4. The van der Waals surface area contributed by atoms with Crippen LogP contribution in [0.5, 0.6) is 0 Å². The summed E-state index contributed by atoms with van der Waals surface area (Å²) in [5, 5.41) is 5.01. The lowest BCUT2D eigenvalue weighted by molar-refractivity contribution is 0.0952. The number of aromatic nitrogens is 1. The molecule has 0 saturated heterocycles. The quantitative estimate of drug-likeness (QED) is 0.744. The maximum Gasteiger partial charge on any atom is 0.261 e. The van der Waals surface area contributed by atoms with E-state index in [4.69, 9.17) is 4.42 Å². The van der Waals surface area contributed by atoms with Crippen LogP contribution >= 0.6 is 23.1 Å². The zero-order valence-electron chi connectivity index (χ0n) is 13.7. The van der Waals surface area contributed by atoms with Crippen LogP contribution in [0.2, 0.25) is 0 Å². The second-order valence-corrected chi connectivity index (χ2v) is 7.81. The minimum Gasteiger partial charge on any atom is -0.465 e. The van der Waals surface area contributed by atoms with Crippen LogP contribution in [0.15, 0.2) is 52.0 Å². The van der Waals surface area contributed by atoms with E-state index in [0.29, 0.717) is 11.4 Å². The predicted molar refractivity (Wildman–Crippen MR) is 101 cm³/mol. The first-order valence-corrected chi connectivity index (χ1v) is 9.79. The van der Waals surface area contributed by atoms with Gasteiger partial charge in [0.2, 0.25) is 0 Å². The van der Waals surface area contributed by atoms with Gasteiger partial charge in [0.1, 0.15) is 16.5 Å². The van der Waals surface area contributed by atoms with Gasteiger partial charge in [-0.3, -0.25) is 4.79 Å². The molecular formula is C18H17N3O2S2. The molecular weight excluding hydrogens is 354 g/mol. The van der Waals surface area contributed by atoms with Crippen molar-refractivity contribution in [2.24, 2.45) is 0 Å². The average Bonchev–Trinajstić information content (AvgIpc) is 3.28. The summed E-state index contributed by atoms with van der Waals surface area (Å²) >= 11 is 3.27. The van der Waals surface area contributed by atoms with Gasteiger partial charge in [0.15, 0.2) is 0 Å². The van der Waals surface area contributed by atoms with Gasteiger partial charge < -0.3 is 14.6 Å². The highest BCUT2D eigenvalue weighted by Gasteiger charge is 2.21. The summed E-state index contributed by atoms with van der Waals surface area (Å²) in [6.07, 6.45) is 1.82. The molecule has 0 unspecified atom stereocenters. The smallest absolute Gasteiger partial charge is 0.261 e. The molecule has 4 heterocycles. The van der Waals surface area contributed by atoms with Gasteiger partial charge >= 0.3 is 0 Å². The fraction of sp³-hybridized carbons (Fsp3) is 0.222. The number of hydrogen-bond acceptors (Lipinski definition) is 6. The largest absolute Gasteiger partial charge is 0.465 e. The third-order valence-corrected chi connectivity index (χ3v) is 5.98. The predicted octanol–water partition coefficient (Wildman–Crippen LogP) is 4.22. The molecule has 4 rings (SSSR count). The number of aryl methyl sites for hydroxylation is 1. The number of thiophene rings is 1. The molecule has 0 radical (unpaired) electrons. The van der Waals surface area contributed by atoms with E-state index in [2.05, 4.69) is 21.3 Å². The van der Waals surface area contributed by atoms with E-state index in [9.17, 15) is 4.79 Å². The van der Waals surface area contributed by atoms with Crippen molar-refractivity contribution in [1.29, 1.82) is 0 Å². The van der Waals surface area contributed by atoms with E-state index in [1.54, 1.807) is 11.8 Å². The van der Waals surface area contributed by atoms with Crippen LogP contribution in [0.1, 0.15) is 21.2 Å². The van der Waals surface area contributed by atoms with E-state index in [-0.39, 0.29) is 5.91 Å². The number of furan rings is 1. The molecule has 7 heteroatoms. The zero-order valence-corrected chi connectivity index (χ0v) is 15.3. The van der Waals surface area contributed by atoms with Gasteiger partial charge in [-0.1, -0.05) is 0 Å². The lowest BCUT2D eigenvalue weighted by Gasteiger charge is -2.28. The van der Waals surface area contributed by atoms with E-state index in [1.807, 2.05) is 43.5 Å². The fourth-order valence-electron chi connectivity index (χ4n) is 2.71. The molecule has 0 bridgehead atoms. The number of nitrogens with one attached hydrogen (secondary N) is 1. The van der Waals surface area contributed by atoms with Crippen molar-refractivity contribution in [2.75, 3.05) is 17.2 Å². The molecule has 0 fully saturated rings. The Morgan fingerprint density at radius 3 is 3.08 bits per heavy atom. The van der Waals surface area contributed by atoms with Gasteiger partial charge in [-0.15, -0.1) is 23.1 Å². The van der Waals surface area contributed by atoms with Crippen molar-refractivity contribution >= 4 is 39.7 Å². The molecule has 0 spiro atoms. The Bertz CT molecular complexity index is 903. The van der Waals surface area contributed by atoms with E-state index >= 15 is 0 Å². The lowest BCUT2D eigenvalue weighted by atomic mass is 10.3. The Balaban J connectivity index is 1.48. The first kappa shape index (κ1) is 16.2. The van der Waals surface area contributed by atoms with Gasteiger partial charge in [0, 0.05) is 18.5 Å². The standard InChI is InChI=1S/C18H17N3O2S2/c1-12-4-5-13(23-12)11-20-17(22)15-6-7-16(25-15)21-9-10-24-18-14(21)3-2-8-19-18/h2-8H,9-11H2,1H3,(H,20,22). The van der Waals surface area contributed by atoms with Gasteiger partial charge in [-0.25, -0.2) is 4.98 Å². The molecule has 0 saturated carbocycles. The van der Waals surface area contributed by atoms with Gasteiger partial charge in [-0.05, 0) is 43.3 Å². The summed E-state index contributed by atoms with van der Waals surface area (Å²) in [6.45, 7) is 3.20. The Morgan fingerprint density at radius 2 is 2.24 bits per heavy atom. The summed E-state index contributed by atoms with van der Waals surface area (Å²) in [4.78, 5) is 19.8. The maximum atomic E-state index is 12.4. The van der Waals surface area contributed by atoms with Crippen LogP contribution in [0.25, 0.3) is 0 Å². The number of fused-ring (bicyclic) bond motifs is 1. The highest BCUT2D eigenvalue weighted by molar-refractivity contribution is 7.99. The number of anilines is 2. The highest BCUT2D eigenvalue weighted by atomic mass is 32.2. The summed E-state index contributed by atoms with van der Waals surface area (Å²) in [7, 11) is 0. The molecule has 0 aromatic carbocycles. The molecule has 3 aromatic heterocycles. The molecule has 1 amide bonds. The third kappa shape index (κ3) is 3.43. The molecule has 1 aliphatic heterocycles. The van der Waals surface area contributed by atoms with Crippen molar-refractivity contribution in [3.8, 4) is 0 Å². The second kappa shape index (κ2) is 6.93. The molecule has 128 valence electrons. The van der Waals surface area contributed by atoms with Gasteiger partial charge in [0.25, 0.3) is 5.91 Å². The monoisotopic (exact) mass is 371 g/mol. The average molecular weight is 371 g/mol. The molecule has 1 aliphatic rings. The summed E-state index contributed by atoms with van der Waals surface area (Å²) in [6, 6.07) is 11.7. The normalized spacial score (nSPS) is 13.6. The van der Waals surface area contributed by atoms with Crippen LogP contribution in [0.4, 0.5) is 10.7 Å². The van der Waals surface area contributed by atoms with Crippen LogP contribution in [-0.4, -0.2) is 23.2 Å². The first-order valence-electron chi connectivity index (χ1n) is 7.99. The highest BCUT2D eigenvalue weighted by Crippen LogP contribution is 2.39. The van der Waals surface area contributed by atoms with Crippen molar-refractivity contribution in [3.63, 3.8) is 0 Å². The lowest BCUT2D eigenvalue weighted by Crippen LogP contribution is -2.23. The molecule has 0 atom stereocenters. The van der Waals surface area contributed by atoms with Crippen LogP contribution in [0, 0.1) is 6.92 Å². The summed E-state index contributed by atoms with van der Waals surface area (Å²) in [5.74, 6) is 2.51. The second-order valence-electron chi connectivity index (χ2n) is 5.66. The Hall–Kier alpha value is -2.25. The van der Waals surface area contributed by atoms with Crippen LogP contribution in [-0.2, 0) is 6.54 Å². The number of thioether (sulfide) groups is 1. The number of carbonyl (C=O) groups excluding carboxylic acids is 1. The molecule has 1 N–H and O–H groups in total. The number of rotatable bonds is 4. The van der Waals surface area contributed by atoms with Gasteiger partial charge in [0.05, 0.1) is 22.1 Å². The van der Waals surface area contributed by atoms with E-state index < -0.39 is 0 Å². The van der Waals surface area contributed by atoms with E-state index in [0.717, 1.165) is 39.5 Å². The van der Waals surface area contributed by atoms with E-state index in [1.165, 1.54) is 11.3 Å². The zero-order chi connectivity index (χ0) is 17.2. The topological polar surface area (TPSA) is 58.4 Å². The number of amides is 1. The van der Waals surface area contributed by atoms with Crippen molar-refractivity contribution in [3.05, 3.63) is 59.0 Å². The minimum atomic E-state index is -0.0805. The Labute approximate surface area is 154 Å². The fourth-order valence-corrected chi connectivity index (χ4v) is 4.60. The number of nitrogens with zero attached hydrogens (tertiary/aromatic N) is 2. The van der Waals surface area contributed by atoms with Crippen LogP contribution < -0.4 is 10.2 Å². The van der Waals surface area contributed by atoms with Crippen molar-refractivity contribution in [1.82, 2.24) is 10.3 Å². The Kier molecular flexibility index (Phi) is 4.50. The molecule has 0 aliphatic carbocycles. The number of carbonyl (C=O) groups is 1. The summed E-state index contributed by atoms with van der Waals surface area (Å²) < 4.78 is 5.48. The third-order valence-electron chi connectivity index (χ3n) is 3.90. The van der Waals surface area contributed by atoms with Crippen molar-refractivity contribution < 1.29 is 9.21 Å². The summed E-state index contributed by atoms with van der Waals surface area (Å²) in [5.41, 5.74) is 1.11. The molecule has 5 nitrogen and oxygen atoms in total. The first-order chi connectivity index (χ1) is 12.2.